The van der Waals surface area contributed by atoms with Crippen LogP contribution in [0.5, 0.6) is 0 Å². The maximum absolute atomic E-state index is 13.8. The van der Waals surface area contributed by atoms with Crippen LogP contribution in [0.1, 0.15) is 44.0 Å². The molecule has 0 radical (unpaired) electrons. The minimum atomic E-state index is -4.00. The van der Waals surface area contributed by atoms with Crippen LogP contribution in [0.15, 0.2) is 23.1 Å². The first-order valence-electron chi connectivity index (χ1n) is 6.68. The number of aromatic carboxylic acids is 1. The molecule has 0 saturated carbocycles. The van der Waals surface area contributed by atoms with E-state index in [-0.39, 0.29) is 11.6 Å². The Labute approximate surface area is 124 Å². The van der Waals surface area contributed by atoms with Crippen LogP contribution in [0, 0.1) is 11.7 Å². The van der Waals surface area contributed by atoms with Crippen LogP contribution < -0.4 is 4.72 Å². The van der Waals surface area contributed by atoms with Crippen molar-refractivity contribution in [2.45, 2.75) is 44.6 Å². The summed E-state index contributed by atoms with van der Waals surface area (Å²) in [5.41, 5.74) is -0.292. The summed E-state index contributed by atoms with van der Waals surface area (Å²) in [5, 5.41) is 8.74. The maximum atomic E-state index is 13.8. The van der Waals surface area contributed by atoms with Crippen molar-refractivity contribution < 1.29 is 22.7 Å². The second-order valence-electron chi connectivity index (χ2n) is 5.44. The van der Waals surface area contributed by atoms with Crippen molar-refractivity contribution >= 4 is 16.0 Å². The predicted octanol–water partition coefficient (Wildman–Crippen LogP) is 2.63. The van der Waals surface area contributed by atoms with Crippen LogP contribution in [0.2, 0.25) is 0 Å². The molecule has 118 valence electrons. The van der Waals surface area contributed by atoms with Crippen molar-refractivity contribution in [3.63, 3.8) is 0 Å². The summed E-state index contributed by atoms with van der Waals surface area (Å²) in [5.74, 6) is -1.93. The van der Waals surface area contributed by atoms with Gasteiger partial charge in [-0.25, -0.2) is 22.3 Å². The van der Waals surface area contributed by atoms with E-state index < -0.39 is 26.7 Å². The largest absolute Gasteiger partial charge is 0.478 e. The van der Waals surface area contributed by atoms with E-state index in [1.54, 1.807) is 6.92 Å². The van der Waals surface area contributed by atoms with Crippen molar-refractivity contribution in [1.29, 1.82) is 0 Å². The Hall–Kier alpha value is -1.47. The highest BCUT2D eigenvalue weighted by Crippen LogP contribution is 2.17. The number of hydrogen-bond acceptors (Lipinski definition) is 3. The van der Waals surface area contributed by atoms with Gasteiger partial charge in [-0.2, -0.15) is 0 Å². The monoisotopic (exact) mass is 317 g/mol. The lowest BCUT2D eigenvalue weighted by atomic mass is 10.1. The Morgan fingerprint density at radius 3 is 2.38 bits per heavy atom. The second kappa shape index (κ2) is 7.00. The molecule has 0 aliphatic rings. The van der Waals surface area contributed by atoms with E-state index in [9.17, 15) is 17.6 Å². The van der Waals surface area contributed by atoms with Crippen molar-refractivity contribution in [2.24, 2.45) is 5.92 Å². The van der Waals surface area contributed by atoms with E-state index in [1.165, 1.54) is 0 Å². The minimum absolute atomic E-state index is 0.292. The Morgan fingerprint density at radius 2 is 1.90 bits per heavy atom. The topological polar surface area (TPSA) is 83.5 Å². The zero-order chi connectivity index (χ0) is 16.2. The summed E-state index contributed by atoms with van der Waals surface area (Å²) in [6, 6.07) is 2.42. The number of halogens is 1. The fourth-order valence-electron chi connectivity index (χ4n) is 1.82. The van der Waals surface area contributed by atoms with Crippen molar-refractivity contribution in [2.75, 3.05) is 0 Å². The van der Waals surface area contributed by atoms with Crippen LogP contribution in [0.4, 0.5) is 4.39 Å². The molecule has 0 bridgehead atoms. The Balaban J connectivity index is 2.90. The lowest BCUT2D eigenvalue weighted by molar-refractivity contribution is 0.0696. The molecule has 1 unspecified atom stereocenters. The van der Waals surface area contributed by atoms with Gasteiger partial charge in [0, 0.05) is 6.04 Å². The van der Waals surface area contributed by atoms with Crippen molar-refractivity contribution in [1.82, 2.24) is 4.72 Å². The molecule has 0 aliphatic carbocycles. The average Bonchev–Trinajstić information content (AvgIpc) is 2.35. The Bertz CT molecular complexity index is 613. The molecule has 1 rings (SSSR count). The highest BCUT2D eigenvalue weighted by molar-refractivity contribution is 7.89. The standard InChI is InChI=1S/C14H20FNO4S/c1-9(2)4-5-10(3)16-21(19,20)13-7-6-11(14(17)18)8-12(13)15/h6-10,16H,4-5H2,1-3H3,(H,17,18). The highest BCUT2D eigenvalue weighted by atomic mass is 32.2. The number of rotatable bonds is 7. The molecule has 7 heteroatoms. The molecule has 2 N–H and O–H groups in total. The molecule has 0 aliphatic heterocycles. The van der Waals surface area contributed by atoms with E-state index in [1.807, 2.05) is 13.8 Å². The molecule has 0 fully saturated rings. The van der Waals surface area contributed by atoms with Crippen LogP contribution in [-0.2, 0) is 10.0 Å². The SMILES string of the molecule is CC(C)CCC(C)NS(=O)(=O)c1ccc(C(=O)O)cc1F. The first kappa shape index (κ1) is 17.6. The first-order valence-corrected chi connectivity index (χ1v) is 8.17. The molecular formula is C14H20FNO4S. The van der Waals surface area contributed by atoms with E-state index in [0.29, 0.717) is 18.4 Å². The van der Waals surface area contributed by atoms with E-state index in [2.05, 4.69) is 4.72 Å². The van der Waals surface area contributed by atoms with Crippen LogP contribution in [0.3, 0.4) is 0 Å². The van der Waals surface area contributed by atoms with E-state index >= 15 is 0 Å². The molecule has 0 heterocycles. The fourth-order valence-corrected chi connectivity index (χ4v) is 3.16. The second-order valence-corrected chi connectivity index (χ2v) is 7.13. The lowest BCUT2D eigenvalue weighted by Crippen LogP contribution is -2.33. The third kappa shape index (κ3) is 5.09. The predicted molar refractivity (Wildman–Crippen MR) is 77.2 cm³/mol. The molecule has 1 aromatic rings. The number of sulfonamides is 1. The molecule has 1 aromatic carbocycles. The van der Waals surface area contributed by atoms with Crippen LogP contribution in [-0.4, -0.2) is 25.5 Å². The molecule has 0 aromatic heterocycles. The molecule has 21 heavy (non-hydrogen) atoms. The van der Waals surface area contributed by atoms with Gasteiger partial charge in [0.15, 0.2) is 0 Å². The minimum Gasteiger partial charge on any atom is -0.478 e. The molecule has 0 spiro atoms. The van der Waals surface area contributed by atoms with Crippen LogP contribution in [0.25, 0.3) is 0 Å². The van der Waals surface area contributed by atoms with Gasteiger partial charge in [-0.05, 0) is 43.9 Å². The summed E-state index contributed by atoms with van der Waals surface area (Å²) in [7, 11) is -4.00. The van der Waals surface area contributed by atoms with Gasteiger partial charge in [-0.1, -0.05) is 13.8 Å². The number of hydrogen-bond donors (Lipinski definition) is 2. The van der Waals surface area contributed by atoms with Gasteiger partial charge in [0.25, 0.3) is 0 Å². The van der Waals surface area contributed by atoms with Gasteiger partial charge in [0.2, 0.25) is 10.0 Å². The highest BCUT2D eigenvalue weighted by Gasteiger charge is 2.22. The summed E-state index contributed by atoms with van der Waals surface area (Å²) >= 11 is 0. The molecule has 0 amide bonds. The smallest absolute Gasteiger partial charge is 0.335 e. The lowest BCUT2D eigenvalue weighted by Gasteiger charge is -2.15. The zero-order valence-electron chi connectivity index (χ0n) is 12.3. The first-order chi connectivity index (χ1) is 9.63. The van der Waals surface area contributed by atoms with Crippen molar-refractivity contribution in [3.8, 4) is 0 Å². The normalized spacial score (nSPS) is 13.4. The van der Waals surface area contributed by atoms with Gasteiger partial charge in [-0.15, -0.1) is 0 Å². The quantitative estimate of drug-likeness (QED) is 0.810. The van der Waals surface area contributed by atoms with Gasteiger partial charge >= 0.3 is 5.97 Å². The third-order valence-electron chi connectivity index (χ3n) is 3.00. The number of carbonyl (C=O) groups is 1. The summed E-state index contributed by atoms with van der Waals surface area (Å²) in [6.07, 6.45) is 1.50. The van der Waals surface area contributed by atoms with E-state index in [0.717, 1.165) is 18.6 Å². The summed E-state index contributed by atoms with van der Waals surface area (Å²) < 4.78 is 40.4. The Morgan fingerprint density at radius 1 is 1.29 bits per heavy atom. The molecule has 0 saturated heterocycles. The van der Waals surface area contributed by atoms with Gasteiger partial charge in [0.1, 0.15) is 10.7 Å². The number of nitrogens with one attached hydrogen (secondary N) is 1. The van der Waals surface area contributed by atoms with E-state index in [4.69, 9.17) is 5.11 Å². The summed E-state index contributed by atoms with van der Waals surface area (Å²) in [4.78, 5) is 10.2. The zero-order valence-corrected chi connectivity index (χ0v) is 13.1. The molecule has 5 nitrogen and oxygen atoms in total. The number of benzene rings is 1. The van der Waals surface area contributed by atoms with Gasteiger partial charge in [0.05, 0.1) is 5.56 Å². The number of carboxylic acid groups (broad SMARTS) is 1. The van der Waals surface area contributed by atoms with Gasteiger partial charge in [-0.3, -0.25) is 0 Å². The van der Waals surface area contributed by atoms with Gasteiger partial charge < -0.3 is 5.11 Å². The Kier molecular flexibility index (Phi) is 5.86. The third-order valence-corrected chi connectivity index (χ3v) is 4.62. The fraction of sp³-hybridized carbons (Fsp3) is 0.500. The summed E-state index contributed by atoms with van der Waals surface area (Å²) in [6.45, 7) is 5.78. The number of carboxylic acids is 1. The molecular weight excluding hydrogens is 297 g/mol. The maximum Gasteiger partial charge on any atom is 0.335 e. The van der Waals surface area contributed by atoms with Crippen molar-refractivity contribution in [3.05, 3.63) is 29.6 Å². The average molecular weight is 317 g/mol. The van der Waals surface area contributed by atoms with Crippen LogP contribution >= 0.6 is 0 Å². The molecule has 1 atom stereocenters.